The summed E-state index contributed by atoms with van der Waals surface area (Å²) in [7, 11) is 0. The van der Waals surface area contributed by atoms with Gasteiger partial charge in [-0.1, -0.05) is 51.4 Å². The monoisotopic (exact) mass is 741 g/mol. The lowest BCUT2D eigenvalue weighted by Gasteiger charge is -2.46. The molecule has 2 saturated heterocycles. The Labute approximate surface area is 323 Å². The highest BCUT2D eigenvalue weighted by atomic mass is 24.3. The molecule has 2 unspecified atom stereocenters. The Morgan fingerprint density at radius 3 is 1.02 bits per heavy atom. The Hall–Kier alpha value is -1.51. The summed E-state index contributed by atoms with van der Waals surface area (Å²) in [5.41, 5.74) is -0.279. The number of ether oxygens (including phenoxy) is 2. The van der Waals surface area contributed by atoms with Crippen LogP contribution in [0.15, 0.2) is 0 Å². The van der Waals surface area contributed by atoms with E-state index in [9.17, 15) is 29.4 Å². The number of nitrogens with one attached hydrogen (secondary N) is 2. The molecule has 2 aliphatic heterocycles. The summed E-state index contributed by atoms with van der Waals surface area (Å²) in [5, 5.41) is 43.3. The average molecular weight is 741 g/mol. The first-order valence-electron chi connectivity index (χ1n) is 18.8. The zero-order chi connectivity index (χ0) is 38.2. The van der Waals surface area contributed by atoms with E-state index in [1.807, 2.05) is 0 Å². The molecular formula is C38H72MgN2O10. The van der Waals surface area contributed by atoms with E-state index in [0.717, 1.165) is 77.0 Å². The lowest BCUT2D eigenvalue weighted by Crippen LogP contribution is -2.60. The van der Waals surface area contributed by atoms with Gasteiger partial charge in [0.25, 0.3) is 0 Å². The molecule has 0 aromatic carbocycles. The van der Waals surface area contributed by atoms with E-state index in [1.54, 1.807) is 0 Å². The van der Waals surface area contributed by atoms with Crippen molar-refractivity contribution in [3.8, 4) is 0 Å². The molecule has 296 valence electrons. The molecule has 13 heteroatoms. The van der Waals surface area contributed by atoms with Gasteiger partial charge in [0.15, 0.2) is 12.2 Å². The molecule has 2 aliphatic rings. The van der Waals surface area contributed by atoms with Gasteiger partial charge < -0.3 is 40.5 Å². The number of aliphatic carboxylic acids is 4. The third kappa shape index (κ3) is 23.7. The van der Waals surface area contributed by atoms with Gasteiger partial charge in [0, 0.05) is 35.0 Å². The van der Waals surface area contributed by atoms with Gasteiger partial charge in [0.05, 0.1) is 12.2 Å². The van der Waals surface area contributed by atoms with Gasteiger partial charge in [-0.05, 0) is 107 Å². The van der Waals surface area contributed by atoms with Gasteiger partial charge in [0.2, 0.25) is 0 Å². The van der Waals surface area contributed by atoms with Crippen molar-refractivity contribution >= 4 is 46.9 Å². The molecule has 12 nitrogen and oxygen atoms in total. The summed E-state index contributed by atoms with van der Waals surface area (Å²) in [6.07, 6.45) is 11.4. The van der Waals surface area contributed by atoms with Crippen LogP contribution in [0.4, 0.5) is 0 Å². The topological polar surface area (TPSA) is 192 Å². The summed E-state index contributed by atoms with van der Waals surface area (Å²) in [6, 6.07) is 0. The van der Waals surface area contributed by atoms with Crippen LogP contribution in [0.1, 0.15) is 171 Å². The van der Waals surface area contributed by atoms with Crippen molar-refractivity contribution in [3.63, 3.8) is 0 Å². The SMILES string of the molecule is CC1(C)CC(OC(CCCCCCCC(=O)O)C(=O)O)CC(C)(C)N1.CC1(C)CC(OC(CCCCCCCC(=O)O)C(=O)O)CC(C)(C)N1.[MgH2]. The van der Waals surface area contributed by atoms with Crippen LogP contribution in [0.25, 0.3) is 0 Å². The quantitative estimate of drug-likeness (QED) is 0.0541. The third-order valence-electron chi connectivity index (χ3n) is 9.28. The largest absolute Gasteiger partial charge is 0.481 e. The van der Waals surface area contributed by atoms with Crippen LogP contribution >= 0.6 is 0 Å². The van der Waals surface area contributed by atoms with E-state index < -0.39 is 36.1 Å². The Morgan fingerprint density at radius 2 is 0.765 bits per heavy atom. The molecule has 0 radical (unpaired) electrons. The smallest absolute Gasteiger partial charge is 0.332 e. The zero-order valence-corrected chi connectivity index (χ0v) is 32.3. The molecule has 0 aliphatic carbocycles. The number of carbonyl (C=O) groups is 4. The maximum atomic E-state index is 11.5. The highest BCUT2D eigenvalue weighted by molar-refractivity contribution is 5.75. The molecule has 2 atom stereocenters. The Morgan fingerprint density at radius 1 is 0.510 bits per heavy atom. The normalized spacial score (nSPS) is 20.5. The minimum absolute atomic E-state index is 0. The minimum Gasteiger partial charge on any atom is -0.481 e. The van der Waals surface area contributed by atoms with Crippen molar-refractivity contribution in [2.24, 2.45) is 0 Å². The van der Waals surface area contributed by atoms with E-state index in [1.165, 1.54) is 0 Å². The summed E-state index contributed by atoms with van der Waals surface area (Å²) in [5.74, 6) is -3.29. The van der Waals surface area contributed by atoms with E-state index >= 15 is 0 Å². The molecule has 6 N–H and O–H groups in total. The van der Waals surface area contributed by atoms with E-state index in [4.69, 9.17) is 19.7 Å². The lowest BCUT2D eigenvalue weighted by molar-refractivity contribution is -0.159. The summed E-state index contributed by atoms with van der Waals surface area (Å²) < 4.78 is 11.9. The van der Waals surface area contributed by atoms with Crippen molar-refractivity contribution in [2.45, 2.75) is 218 Å². The van der Waals surface area contributed by atoms with Crippen LogP contribution in [0.2, 0.25) is 0 Å². The van der Waals surface area contributed by atoms with E-state index in [0.29, 0.717) is 25.7 Å². The fraction of sp³-hybridized carbons (Fsp3) is 0.895. The number of hydrogen-bond acceptors (Lipinski definition) is 8. The first kappa shape index (κ1) is 49.5. The van der Waals surface area contributed by atoms with Gasteiger partial charge in [-0.25, -0.2) is 9.59 Å². The van der Waals surface area contributed by atoms with Crippen LogP contribution in [0, 0.1) is 0 Å². The second-order valence-corrected chi connectivity index (χ2v) is 17.2. The molecule has 0 aromatic rings. The van der Waals surface area contributed by atoms with Crippen molar-refractivity contribution < 1.29 is 49.1 Å². The summed E-state index contributed by atoms with van der Waals surface area (Å²) in [4.78, 5) is 44.0. The minimum atomic E-state index is -0.889. The van der Waals surface area contributed by atoms with Gasteiger partial charge in [-0.2, -0.15) is 0 Å². The van der Waals surface area contributed by atoms with Crippen LogP contribution in [-0.2, 0) is 28.7 Å². The second kappa shape index (κ2) is 23.3. The molecule has 2 heterocycles. The molecule has 51 heavy (non-hydrogen) atoms. The maximum Gasteiger partial charge on any atom is 0.332 e. The van der Waals surface area contributed by atoms with Crippen molar-refractivity contribution in [2.75, 3.05) is 0 Å². The number of carboxylic acid groups (broad SMARTS) is 4. The average Bonchev–Trinajstić information content (AvgIpc) is 2.91. The van der Waals surface area contributed by atoms with Crippen LogP contribution in [0.5, 0.6) is 0 Å². The van der Waals surface area contributed by atoms with Crippen molar-refractivity contribution in [3.05, 3.63) is 0 Å². The third-order valence-corrected chi connectivity index (χ3v) is 9.28. The lowest BCUT2D eigenvalue weighted by atomic mass is 9.81. The van der Waals surface area contributed by atoms with Crippen LogP contribution < -0.4 is 10.6 Å². The number of piperidine rings is 2. The van der Waals surface area contributed by atoms with Crippen LogP contribution in [-0.4, -0.2) is 114 Å². The predicted octanol–water partition coefficient (Wildman–Crippen LogP) is 6.25. The molecule has 0 spiro atoms. The number of hydrogen-bond donors (Lipinski definition) is 6. The standard InChI is InChI=1S/2C19H35NO5.Mg.2H/c2*1-18(2)12-14(13-19(3,4)20-18)25-15(17(23)24)10-8-6-5-7-9-11-16(21)22;;;/h2*14-15,20H,5-13H2,1-4H3,(H,21,22)(H,23,24);;;. The van der Waals surface area contributed by atoms with Crippen molar-refractivity contribution in [1.29, 1.82) is 0 Å². The van der Waals surface area contributed by atoms with Gasteiger partial charge in [-0.3, -0.25) is 9.59 Å². The molecule has 2 rings (SSSR count). The fourth-order valence-electron chi connectivity index (χ4n) is 7.89. The fourth-order valence-corrected chi connectivity index (χ4v) is 7.89. The number of carboxylic acids is 4. The predicted molar refractivity (Wildman–Crippen MR) is 202 cm³/mol. The Bertz CT molecular complexity index is 951. The van der Waals surface area contributed by atoms with Gasteiger partial charge in [0.1, 0.15) is 0 Å². The molecule has 0 amide bonds. The first-order chi connectivity index (χ1) is 23.0. The van der Waals surface area contributed by atoms with E-state index in [2.05, 4.69) is 66.0 Å². The summed E-state index contributed by atoms with van der Waals surface area (Å²) >= 11 is 0. The van der Waals surface area contributed by atoms with Gasteiger partial charge in [-0.15, -0.1) is 0 Å². The number of unbranched alkanes of at least 4 members (excludes halogenated alkanes) is 8. The van der Waals surface area contributed by atoms with E-state index in [-0.39, 0.29) is 70.3 Å². The summed E-state index contributed by atoms with van der Waals surface area (Å²) in [6.45, 7) is 17.0. The molecule has 0 aromatic heterocycles. The first-order valence-corrected chi connectivity index (χ1v) is 18.8. The second-order valence-electron chi connectivity index (χ2n) is 17.2. The molecule has 0 saturated carbocycles. The number of rotatable bonds is 22. The molecule has 0 bridgehead atoms. The van der Waals surface area contributed by atoms with Gasteiger partial charge >= 0.3 is 46.9 Å². The highest BCUT2D eigenvalue weighted by Crippen LogP contribution is 2.33. The van der Waals surface area contributed by atoms with Crippen molar-refractivity contribution in [1.82, 2.24) is 10.6 Å². The maximum absolute atomic E-state index is 11.5. The highest BCUT2D eigenvalue weighted by Gasteiger charge is 2.41. The molecular weight excluding hydrogens is 669 g/mol. The Balaban J connectivity index is 0.000000962. The van der Waals surface area contributed by atoms with Crippen LogP contribution in [0.3, 0.4) is 0 Å². The molecule has 2 fully saturated rings. The zero-order valence-electron chi connectivity index (χ0n) is 32.3. The Kier molecular flexibility index (Phi) is 22.6.